The summed E-state index contributed by atoms with van der Waals surface area (Å²) in [5.41, 5.74) is 0.462. The zero-order valence-electron chi connectivity index (χ0n) is 7.92. The van der Waals surface area contributed by atoms with Gasteiger partial charge >= 0.3 is 0 Å². The van der Waals surface area contributed by atoms with E-state index in [4.69, 9.17) is 0 Å². The van der Waals surface area contributed by atoms with Crippen LogP contribution in [0.25, 0.3) is 0 Å². The molecule has 2 nitrogen and oxygen atoms in total. The van der Waals surface area contributed by atoms with Gasteiger partial charge in [0.15, 0.2) is 0 Å². The monoisotopic (exact) mass is 240 g/mol. The normalized spacial score (nSPS) is 19.8. The van der Waals surface area contributed by atoms with Crippen molar-refractivity contribution in [1.82, 2.24) is 4.98 Å². The molecule has 1 aromatic rings. The number of anilines is 1. The molecule has 2 rings (SSSR count). The topological polar surface area (TPSA) is 16.1 Å². The fourth-order valence-electron chi connectivity index (χ4n) is 1.72. The first-order valence-corrected chi connectivity index (χ1v) is 5.23. The molecule has 70 valence electrons. The summed E-state index contributed by atoms with van der Waals surface area (Å²) in [4.78, 5) is 6.62. The number of hydrogen-bond acceptors (Lipinski definition) is 2. The van der Waals surface area contributed by atoms with Crippen molar-refractivity contribution in [3.05, 3.63) is 22.8 Å². The van der Waals surface area contributed by atoms with Crippen LogP contribution in [0, 0.1) is 5.41 Å². The van der Waals surface area contributed by atoms with Gasteiger partial charge in [-0.2, -0.15) is 0 Å². The summed E-state index contributed by atoms with van der Waals surface area (Å²) in [7, 11) is 0. The Labute approximate surface area is 87.1 Å². The molecule has 3 heteroatoms. The van der Waals surface area contributed by atoms with Crippen molar-refractivity contribution in [2.75, 3.05) is 18.0 Å². The molecule has 1 saturated heterocycles. The van der Waals surface area contributed by atoms with E-state index >= 15 is 0 Å². The van der Waals surface area contributed by atoms with Gasteiger partial charge in [0.1, 0.15) is 5.82 Å². The highest BCUT2D eigenvalue weighted by molar-refractivity contribution is 9.10. The van der Waals surface area contributed by atoms with Gasteiger partial charge in [-0.15, -0.1) is 0 Å². The van der Waals surface area contributed by atoms with Gasteiger partial charge in [0.2, 0.25) is 0 Å². The highest BCUT2D eigenvalue weighted by Gasteiger charge is 2.34. The van der Waals surface area contributed by atoms with E-state index < -0.39 is 0 Å². The van der Waals surface area contributed by atoms with Crippen molar-refractivity contribution < 1.29 is 0 Å². The van der Waals surface area contributed by atoms with E-state index in [0.29, 0.717) is 5.41 Å². The van der Waals surface area contributed by atoms with Crippen LogP contribution in [0.4, 0.5) is 5.82 Å². The first-order chi connectivity index (χ1) is 6.07. The molecule has 0 radical (unpaired) electrons. The van der Waals surface area contributed by atoms with Crippen LogP contribution in [0.2, 0.25) is 0 Å². The van der Waals surface area contributed by atoms with Crippen molar-refractivity contribution in [1.29, 1.82) is 0 Å². The molecule has 1 aromatic heterocycles. The lowest BCUT2D eigenvalue weighted by Gasteiger charge is -2.46. The van der Waals surface area contributed by atoms with E-state index in [0.717, 1.165) is 23.4 Å². The molecule has 13 heavy (non-hydrogen) atoms. The Morgan fingerprint density at radius 1 is 1.46 bits per heavy atom. The summed E-state index contributed by atoms with van der Waals surface area (Å²) >= 11 is 3.45. The van der Waals surface area contributed by atoms with Gasteiger partial charge in [0.25, 0.3) is 0 Å². The molecule has 1 fully saturated rings. The Hall–Kier alpha value is -0.570. The fourth-order valence-corrected chi connectivity index (χ4v) is 2.04. The first kappa shape index (κ1) is 9.00. The minimum absolute atomic E-state index is 0.462. The maximum Gasteiger partial charge on any atom is 0.129 e. The van der Waals surface area contributed by atoms with Crippen LogP contribution in [0.1, 0.15) is 13.8 Å². The lowest BCUT2D eigenvalue weighted by molar-refractivity contribution is 0.274. The molecule has 1 aliphatic heterocycles. The van der Waals surface area contributed by atoms with Crippen molar-refractivity contribution >= 4 is 21.7 Å². The summed E-state index contributed by atoms with van der Waals surface area (Å²) in [6, 6.07) is 4.02. The van der Waals surface area contributed by atoms with Crippen LogP contribution < -0.4 is 4.90 Å². The largest absolute Gasteiger partial charge is 0.355 e. The van der Waals surface area contributed by atoms with Gasteiger partial charge in [-0.25, -0.2) is 4.98 Å². The third-order valence-electron chi connectivity index (χ3n) is 2.27. The summed E-state index contributed by atoms with van der Waals surface area (Å²) in [5, 5.41) is 0. The van der Waals surface area contributed by atoms with E-state index in [1.54, 1.807) is 0 Å². The smallest absolute Gasteiger partial charge is 0.129 e. The molecule has 0 N–H and O–H groups in total. The zero-order valence-corrected chi connectivity index (χ0v) is 9.50. The maximum absolute atomic E-state index is 4.32. The Bertz CT molecular complexity index is 314. The average molecular weight is 241 g/mol. The van der Waals surface area contributed by atoms with Crippen LogP contribution in [-0.4, -0.2) is 18.1 Å². The van der Waals surface area contributed by atoms with Crippen molar-refractivity contribution in [3.63, 3.8) is 0 Å². The molecule has 2 heterocycles. The van der Waals surface area contributed by atoms with Crippen LogP contribution in [0.15, 0.2) is 22.8 Å². The standard InChI is InChI=1S/C10H13BrN2/c1-10(2)6-13(7-10)9-5-8(11)3-4-12-9/h3-5H,6-7H2,1-2H3. The molecular formula is C10H13BrN2. The molecule has 0 aliphatic carbocycles. The lowest BCUT2D eigenvalue weighted by Crippen LogP contribution is -2.53. The van der Waals surface area contributed by atoms with Crippen molar-refractivity contribution in [2.45, 2.75) is 13.8 Å². The number of nitrogens with zero attached hydrogens (tertiary/aromatic N) is 2. The molecule has 0 saturated carbocycles. The van der Waals surface area contributed by atoms with E-state index in [1.807, 2.05) is 12.3 Å². The molecule has 0 amide bonds. The Kier molecular flexibility index (Phi) is 2.06. The predicted molar refractivity (Wildman–Crippen MR) is 57.9 cm³/mol. The van der Waals surface area contributed by atoms with Gasteiger partial charge in [0.05, 0.1) is 0 Å². The summed E-state index contributed by atoms with van der Waals surface area (Å²) in [6.45, 7) is 6.77. The molecule has 0 unspecified atom stereocenters. The predicted octanol–water partition coefficient (Wildman–Crippen LogP) is 2.69. The van der Waals surface area contributed by atoms with Gasteiger partial charge in [0, 0.05) is 23.8 Å². The highest BCUT2D eigenvalue weighted by Crippen LogP contribution is 2.32. The highest BCUT2D eigenvalue weighted by atomic mass is 79.9. The van der Waals surface area contributed by atoms with Crippen LogP contribution in [-0.2, 0) is 0 Å². The van der Waals surface area contributed by atoms with E-state index in [9.17, 15) is 0 Å². The average Bonchev–Trinajstić information content (AvgIpc) is 2.00. The van der Waals surface area contributed by atoms with Crippen molar-refractivity contribution in [3.8, 4) is 0 Å². The van der Waals surface area contributed by atoms with Gasteiger partial charge in [-0.05, 0) is 17.5 Å². The summed E-state index contributed by atoms with van der Waals surface area (Å²) in [5.74, 6) is 1.08. The summed E-state index contributed by atoms with van der Waals surface area (Å²) in [6.07, 6.45) is 1.84. The quantitative estimate of drug-likeness (QED) is 0.751. The van der Waals surface area contributed by atoms with Gasteiger partial charge < -0.3 is 4.90 Å². The second-order valence-corrected chi connectivity index (χ2v) is 5.27. The number of hydrogen-bond donors (Lipinski definition) is 0. The molecule has 1 aliphatic rings. The minimum Gasteiger partial charge on any atom is -0.355 e. The number of halogens is 1. The summed E-state index contributed by atoms with van der Waals surface area (Å²) < 4.78 is 1.10. The molecule has 0 atom stereocenters. The fraction of sp³-hybridized carbons (Fsp3) is 0.500. The van der Waals surface area contributed by atoms with Crippen LogP contribution in [0.3, 0.4) is 0 Å². The Morgan fingerprint density at radius 3 is 2.69 bits per heavy atom. The van der Waals surface area contributed by atoms with Crippen LogP contribution in [0.5, 0.6) is 0 Å². The Balaban J connectivity index is 2.11. The van der Waals surface area contributed by atoms with Gasteiger partial charge in [-0.3, -0.25) is 0 Å². The first-order valence-electron chi connectivity index (χ1n) is 4.43. The second-order valence-electron chi connectivity index (χ2n) is 4.35. The number of pyridine rings is 1. The van der Waals surface area contributed by atoms with Gasteiger partial charge in [-0.1, -0.05) is 29.8 Å². The third kappa shape index (κ3) is 1.85. The third-order valence-corrected chi connectivity index (χ3v) is 2.76. The molecule has 0 bridgehead atoms. The lowest BCUT2D eigenvalue weighted by atomic mass is 9.84. The maximum atomic E-state index is 4.32. The second kappa shape index (κ2) is 2.98. The molecule has 0 spiro atoms. The van der Waals surface area contributed by atoms with E-state index in [2.05, 4.69) is 45.7 Å². The molecular weight excluding hydrogens is 228 g/mol. The SMILES string of the molecule is CC1(C)CN(c2cc(Br)ccn2)C1. The number of aromatic nitrogens is 1. The van der Waals surface area contributed by atoms with Crippen LogP contribution >= 0.6 is 15.9 Å². The Morgan fingerprint density at radius 2 is 2.15 bits per heavy atom. The molecule has 0 aromatic carbocycles. The van der Waals surface area contributed by atoms with E-state index in [-0.39, 0.29) is 0 Å². The number of rotatable bonds is 1. The van der Waals surface area contributed by atoms with E-state index in [1.165, 1.54) is 0 Å². The zero-order chi connectivity index (χ0) is 9.47. The minimum atomic E-state index is 0.462. The van der Waals surface area contributed by atoms with Crippen molar-refractivity contribution in [2.24, 2.45) is 5.41 Å².